The van der Waals surface area contributed by atoms with Crippen LogP contribution in [0.3, 0.4) is 0 Å². The molecule has 0 spiro atoms. The van der Waals surface area contributed by atoms with Gasteiger partial charge in [-0.2, -0.15) is 0 Å². The molecule has 0 aliphatic carbocycles. The molecule has 0 bridgehead atoms. The third-order valence-electron chi connectivity index (χ3n) is 4.16. The lowest BCUT2D eigenvalue weighted by Crippen LogP contribution is -2.41. The Kier molecular flexibility index (Phi) is 6.54. The second-order valence-electron chi connectivity index (χ2n) is 5.80. The number of benzene rings is 2. The Bertz CT molecular complexity index is 825. The summed E-state index contributed by atoms with van der Waals surface area (Å²) in [6.07, 6.45) is 6.01. The van der Waals surface area contributed by atoms with E-state index < -0.39 is 11.9 Å². The van der Waals surface area contributed by atoms with Crippen LogP contribution in [-0.4, -0.2) is 24.8 Å². The van der Waals surface area contributed by atoms with Crippen LogP contribution < -0.4 is 15.8 Å². The maximum atomic E-state index is 12.9. The van der Waals surface area contributed by atoms with Crippen LogP contribution in [0.15, 0.2) is 48.5 Å². The van der Waals surface area contributed by atoms with Crippen molar-refractivity contribution in [2.24, 2.45) is 11.7 Å². The summed E-state index contributed by atoms with van der Waals surface area (Å²) < 4.78 is 5.21. The summed E-state index contributed by atoms with van der Waals surface area (Å²) in [4.78, 5) is 25.3. The lowest BCUT2D eigenvalue weighted by molar-refractivity contribution is -0.118. The predicted molar refractivity (Wildman–Crippen MR) is 102 cm³/mol. The van der Waals surface area contributed by atoms with Crippen LogP contribution in [-0.2, 0) is 4.79 Å². The van der Waals surface area contributed by atoms with Crippen molar-refractivity contribution < 1.29 is 14.3 Å². The summed E-state index contributed by atoms with van der Waals surface area (Å²) in [6.45, 7) is 1.87. The molecule has 0 aromatic heterocycles. The standard InChI is InChI=1S/C21H22N2O3/c1-4-14(5-2)19(22)21(25)23-18-12-11-16(26-3)13-17(18)20(24)15-9-7-6-8-10-15/h1,6-14,19H,5,22H2,2-3H3,(H,23,25)/t14-,19-/m0/s1. The minimum absolute atomic E-state index is 0.225. The van der Waals surface area contributed by atoms with E-state index in [0.717, 1.165) is 0 Å². The third kappa shape index (κ3) is 4.29. The van der Waals surface area contributed by atoms with Gasteiger partial charge >= 0.3 is 0 Å². The van der Waals surface area contributed by atoms with Gasteiger partial charge in [-0.1, -0.05) is 37.3 Å². The fourth-order valence-corrected chi connectivity index (χ4v) is 2.57. The van der Waals surface area contributed by atoms with Gasteiger partial charge < -0.3 is 15.8 Å². The second kappa shape index (κ2) is 8.84. The van der Waals surface area contributed by atoms with Gasteiger partial charge in [-0.3, -0.25) is 9.59 Å². The zero-order chi connectivity index (χ0) is 19.1. The molecule has 0 unspecified atom stereocenters. The molecule has 2 aromatic carbocycles. The normalized spacial score (nSPS) is 12.5. The summed E-state index contributed by atoms with van der Waals surface area (Å²) in [5.41, 5.74) is 7.16. The summed E-state index contributed by atoms with van der Waals surface area (Å²) >= 11 is 0. The number of carbonyl (C=O) groups excluding carboxylic acids is 2. The van der Waals surface area contributed by atoms with Gasteiger partial charge in [-0.15, -0.1) is 12.3 Å². The number of terminal acetylenes is 1. The van der Waals surface area contributed by atoms with Crippen LogP contribution in [0.25, 0.3) is 0 Å². The minimum atomic E-state index is -0.855. The number of anilines is 1. The van der Waals surface area contributed by atoms with Gasteiger partial charge in [-0.25, -0.2) is 0 Å². The van der Waals surface area contributed by atoms with Crippen molar-refractivity contribution in [2.75, 3.05) is 12.4 Å². The third-order valence-corrected chi connectivity index (χ3v) is 4.16. The van der Waals surface area contributed by atoms with Crippen molar-refractivity contribution >= 4 is 17.4 Å². The number of carbonyl (C=O) groups is 2. The number of methoxy groups -OCH3 is 1. The Hall–Kier alpha value is -3.10. The molecule has 134 valence electrons. The van der Waals surface area contributed by atoms with Crippen LogP contribution in [0.2, 0.25) is 0 Å². The molecule has 3 N–H and O–H groups in total. The molecular formula is C21H22N2O3. The van der Waals surface area contributed by atoms with Crippen molar-refractivity contribution in [3.8, 4) is 18.1 Å². The van der Waals surface area contributed by atoms with Gasteiger partial charge in [0.2, 0.25) is 5.91 Å². The molecule has 1 amide bonds. The first-order valence-corrected chi connectivity index (χ1v) is 8.32. The molecule has 0 radical (unpaired) electrons. The zero-order valence-electron chi connectivity index (χ0n) is 14.9. The highest BCUT2D eigenvalue weighted by Gasteiger charge is 2.23. The monoisotopic (exact) mass is 350 g/mol. The van der Waals surface area contributed by atoms with Crippen LogP contribution in [0, 0.1) is 18.3 Å². The van der Waals surface area contributed by atoms with Crippen molar-refractivity contribution in [1.29, 1.82) is 0 Å². The van der Waals surface area contributed by atoms with E-state index in [1.807, 2.05) is 13.0 Å². The lowest BCUT2D eigenvalue weighted by Gasteiger charge is -2.18. The number of ketones is 1. The fourth-order valence-electron chi connectivity index (χ4n) is 2.57. The van der Waals surface area contributed by atoms with E-state index in [1.54, 1.807) is 42.5 Å². The quantitative estimate of drug-likeness (QED) is 0.594. The van der Waals surface area contributed by atoms with Gasteiger partial charge in [0.25, 0.3) is 0 Å². The average Bonchev–Trinajstić information content (AvgIpc) is 2.69. The van der Waals surface area contributed by atoms with E-state index in [2.05, 4.69) is 11.2 Å². The summed E-state index contributed by atoms with van der Waals surface area (Å²) in [5.74, 6) is 2.02. The molecule has 0 fully saturated rings. The van der Waals surface area contributed by atoms with Crippen molar-refractivity contribution in [1.82, 2.24) is 0 Å². The predicted octanol–water partition coefficient (Wildman–Crippen LogP) is 2.85. The molecule has 5 nitrogen and oxygen atoms in total. The maximum absolute atomic E-state index is 12.9. The van der Waals surface area contributed by atoms with Gasteiger partial charge in [0.05, 0.1) is 18.8 Å². The molecule has 0 aliphatic heterocycles. The number of amides is 1. The molecule has 5 heteroatoms. The van der Waals surface area contributed by atoms with Crippen molar-refractivity contribution in [3.05, 3.63) is 59.7 Å². The second-order valence-corrected chi connectivity index (χ2v) is 5.80. The Morgan fingerprint density at radius 1 is 1.23 bits per heavy atom. The van der Waals surface area contributed by atoms with Gasteiger partial charge in [-0.05, 0) is 24.6 Å². The molecule has 2 rings (SSSR count). The highest BCUT2D eigenvalue weighted by atomic mass is 16.5. The van der Waals surface area contributed by atoms with Crippen LogP contribution in [0.1, 0.15) is 29.3 Å². The largest absolute Gasteiger partial charge is 0.497 e. The highest BCUT2D eigenvalue weighted by molar-refractivity contribution is 6.14. The first kappa shape index (κ1) is 19.2. The number of nitrogens with two attached hydrogens (primary N) is 1. The summed E-state index contributed by atoms with van der Waals surface area (Å²) in [6, 6.07) is 12.8. The molecule has 0 saturated carbocycles. The van der Waals surface area contributed by atoms with E-state index in [4.69, 9.17) is 16.9 Å². The Labute approximate surface area is 153 Å². The lowest BCUT2D eigenvalue weighted by atomic mass is 9.97. The van der Waals surface area contributed by atoms with Crippen molar-refractivity contribution in [2.45, 2.75) is 19.4 Å². The molecule has 2 atom stereocenters. The van der Waals surface area contributed by atoms with Crippen LogP contribution in [0.4, 0.5) is 5.69 Å². The zero-order valence-corrected chi connectivity index (χ0v) is 14.9. The molecule has 0 aliphatic rings. The van der Waals surface area contributed by atoms with E-state index in [-0.39, 0.29) is 11.7 Å². The van der Waals surface area contributed by atoms with Gasteiger partial charge in [0.15, 0.2) is 5.78 Å². The summed E-state index contributed by atoms with van der Waals surface area (Å²) in [7, 11) is 1.51. The van der Waals surface area contributed by atoms with Gasteiger partial charge in [0, 0.05) is 17.0 Å². The first-order valence-electron chi connectivity index (χ1n) is 8.32. The number of nitrogens with one attached hydrogen (secondary N) is 1. The van der Waals surface area contributed by atoms with E-state index in [9.17, 15) is 9.59 Å². The van der Waals surface area contributed by atoms with Gasteiger partial charge in [0.1, 0.15) is 5.75 Å². The van der Waals surface area contributed by atoms with Crippen molar-refractivity contribution in [3.63, 3.8) is 0 Å². The number of hydrogen-bond acceptors (Lipinski definition) is 4. The number of hydrogen-bond donors (Lipinski definition) is 2. The molecule has 26 heavy (non-hydrogen) atoms. The summed E-state index contributed by atoms with van der Waals surface area (Å²) in [5, 5.41) is 2.73. The Morgan fingerprint density at radius 2 is 1.92 bits per heavy atom. The molecule has 2 aromatic rings. The van der Waals surface area contributed by atoms with E-state index in [1.165, 1.54) is 7.11 Å². The highest BCUT2D eigenvalue weighted by Crippen LogP contribution is 2.25. The number of ether oxygens (including phenoxy) is 1. The molecular weight excluding hydrogens is 328 g/mol. The Morgan fingerprint density at radius 3 is 2.50 bits per heavy atom. The Balaban J connectivity index is 2.36. The smallest absolute Gasteiger partial charge is 0.242 e. The molecule has 0 saturated heterocycles. The van der Waals surface area contributed by atoms with E-state index in [0.29, 0.717) is 29.0 Å². The first-order chi connectivity index (χ1) is 12.5. The SMILES string of the molecule is C#C[C@@H](CC)[C@H](N)C(=O)Nc1ccc(OC)cc1C(=O)c1ccccc1. The molecule has 0 heterocycles. The maximum Gasteiger partial charge on any atom is 0.242 e. The number of rotatable bonds is 7. The topological polar surface area (TPSA) is 81.4 Å². The van der Waals surface area contributed by atoms with Crippen LogP contribution >= 0.6 is 0 Å². The average molecular weight is 350 g/mol. The van der Waals surface area contributed by atoms with E-state index >= 15 is 0 Å². The van der Waals surface area contributed by atoms with Crippen LogP contribution in [0.5, 0.6) is 5.75 Å². The fraction of sp³-hybridized carbons (Fsp3) is 0.238. The minimum Gasteiger partial charge on any atom is -0.497 e.